The van der Waals surface area contributed by atoms with Crippen molar-refractivity contribution in [2.75, 3.05) is 32.2 Å². The van der Waals surface area contributed by atoms with Gasteiger partial charge in [0.05, 0.1) is 12.4 Å². The standard InChI is InChI=1S/C15H19NO3S/c1-11-12(2)20-10-16(11)6-7-17-13-4-3-5-14-15(13)19-9-8-18-14/h3-5H,6-10H2,1-2H3. The number of thioether (sulfide) groups is 1. The lowest BCUT2D eigenvalue weighted by molar-refractivity contribution is 0.160. The average Bonchev–Trinajstić information content (AvgIpc) is 2.79. The molecule has 0 atom stereocenters. The van der Waals surface area contributed by atoms with Gasteiger partial charge in [-0.3, -0.25) is 0 Å². The van der Waals surface area contributed by atoms with Crippen molar-refractivity contribution in [1.82, 2.24) is 4.90 Å². The van der Waals surface area contributed by atoms with E-state index < -0.39 is 0 Å². The van der Waals surface area contributed by atoms with E-state index in [1.165, 1.54) is 10.6 Å². The molecule has 1 aromatic carbocycles. The van der Waals surface area contributed by atoms with Gasteiger partial charge in [0, 0.05) is 10.6 Å². The molecule has 108 valence electrons. The smallest absolute Gasteiger partial charge is 0.203 e. The Hall–Kier alpha value is -1.49. The fourth-order valence-electron chi connectivity index (χ4n) is 2.26. The van der Waals surface area contributed by atoms with Crippen LogP contribution in [-0.2, 0) is 0 Å². The summed E-state index contributed by atoms with van der Waals surface area (Å²) in [5, 5.41) is 0. The van der Waals surface area contributed by atoms with Gasteiger partial charge in [-0.25, -0.2) is 0 Å². The van der Waals surface area contributed by atoms with Gasteiger partial charge in [0.2, 0.25) is 5.75 Å². The molecule has 0 amide bonds. The normalized spacial score (nSPS) is 17.6. The maximum absolute atomic E-state index is 5.87. The zero-order valence-electron chi connectivity index (χ0n) is 11.8. The molecule has 0 radical (unpaired) electrons. The first-order chi connectivity index (χ1) is 9.75. The summed E-state index contributed by atoms with van der Waals surface area (Å²) in [6.45, 7) is 7.05. The summed E-state index contributed by atoms with van der Waals surface area (Å²) in [6, 6.07) is 5.78. The minimum atomic E-state index is 0.581. The summed E-state index contributed by atoms with van der Waals surface area (Å²) in [6.07, 6.45) is 0. The number of nitrogens with zero attached hydrogens (tertiary/aromatic N) is 1. The lowest BCUT2D eigenvalue weighted by atomic mass is 10.3. The van der Waals surface area contributed by atoms with Gasteiger partial charge in [0.1, 0.15) is 19.8 Å². The average molecular weight is 293 g/mol. The van der Waals surface area contributed by atoms with E-state index in [1.54, 1.807) is 0 Å². The molecule has 4 nitrogen and oxygen atoms in total. The Balaban J connectivity index is 1.59. The molecular formula is C15H19NO3S. The summed E-state index contributed by atoms with van der Waals surface area (Å²) in [5.74, 6) is 3.30. The van der Waals surface area contributed by atoms with Crippen LogP contribution in [0.4, 0.5) is 0 Å². The Morgan fingerprint density at radius 1 is 1.25 bits per heavy atom. The van der Waals surface area contributed by atoms with Crippen LogP contribution in [0.25, 0.3) is 0 Å². The van der Waals surface area contributed by atoms with Crippen molar-refractivity contribution in [1.29, 1.82) is 0 Å². The molecule has 0 saturated carbocycles. The monoisotopic (exact) mass is 293 g/mol. The van der Waals surface area contributed by atoms with Crippen LogP contribution < -0.4 is 14.2 Å². The van der Waals surface area contributed by atoms with Gasteiger partial charge in [-0.1, -0.05) is 6.07 Å². The van der Waals surface area contributed by atoms with Crippen LogP contribution in [-0.4, -0.2) is 37.1 Å². The minimum Gasteiger partial charge on any atom is -0.488 e. The highest BCUT2D eigenvalue weighted by atomic mass is 32.2. The lowest BCUT2D eigenvalue weighted by Gasteiger charge is -2.22. The lowest BCUT2D eigenvalue weighted by Crippen LogP contribution is -2.24. The van der Waals surface area contributed by atoms with E-state index in [0.29, 0.717) is 19.8 Å². The van der Waals surface area contributed by atoms with Gasteiger partial charge in [-0.15, -0.1) is 11.8 Å². The highest BCUT2D eigenvalue weighted by Gasteiger charge is 2.18. The zero-order chi connectivity index (χ0) is 13.9. The number of para-hydroxylation sites is 1. The van der Waals surface area contributed by atoms with Crippen molar-refractivity contribution in [3.63, 3.8) is 0 Å². The predicted molar refractivity (Wildman–Crippen MR) is 80.5 cm³/mol. The molecule has 0 bridgehead atoms. The van der Waals surface area contributed by atoms with Gasteiger partial charge in [0.15, 0.2) is 11.5 Å². The van der Waals surface area contributed by atoms with Crippen LogP contribution in [0.15, 0.2) is 28.8 Å². The summed E-state index contributed by atoms with van der Waals surface area (Å²) in [4.78, 5) is 3.74. The largest absolute Gasteiger partial charge is 0.488 e. The minimum absolute atomic E-state index is 0.581. The third-order valence-electron chi connectivity index (χ3n) is 3.57. The molecule has 0 spiro atoms. The van der Waals surface area contributed by atoms with Crippen molar-refractivity contribution < 1.29 is 14.2 Å². The molecule has 2 aliphatic rings. The number of fused-ring (bicyclic) bond motifs is 1. The Morgan fingerprint density at radius 3 is 2.90 bits per heavy atom. The first-order valence-electron chi connectivity index (χ1n) is 6.82. The third-order valence-corrected chi connectivity index (χ3v) is 4.74. The van der Waals surface area contributed by atoms with E-state index in [-0.39, 0.29) is 0 Å². The van der Waals surface area contributed by atoms with Crippen molar-refractivity contribution in [2.24, 2.45) is 0 Å². The molecular weight excluding hydrogens is 274 g/mol. The second kappa shape index (κ2) is 5.87. The first kappa shape index (κ1) is 13.5. The van der Waals surface area contributed by atoms with Gasteiger partial charge >= 0.3 is 0 Å². The number of allylic oxidation sites excluding steroid dienone is 2. The van der Waals surface area contributed by atoms with Crippen molar-refractivity contribution in [2.45, 2.75) is 13.8 Å². The molecule has 0 unspecified atom stereocenters. The number of hydrogen-bond acceptors (Lipinski definition) is 5. The van der Waals surface area contributed by atoms with E-state index in [4.69, 9.17) is 14.2 Å². The maximum atomic E-state index is 5.87. The number of hydrogen-bond donors (Lipinski definition) is 0. The quantitative estimate of drug-likeness (QED) is 0.851. The zero-order valence-corrected chi connectivity index (χ0v) is 12.7. The molecule has 0 saturated heterocycles. The summed E-state index contributed by atoms with van der Waals surface area (Å²) >= 11 is 1.89. The van der Waals surface area contributed by atoms with Gasteiger partial charge in [-0.2, -0.15) is 0 Å². The predicted octanol–water partition coefficient (Wildman–Crippen LogP) is 3.09. The highest BCUT2D eigenvalue weighted by molar-refractivity contribution is 8.03. The third kappa shape index (κ3) is 2.68. The number of benzene rings is 1. The molecule has 2 heterocycles. The number of ether oxygens (including phenoxy) is 3. The molecule has 0 N–H and O–H groups in total. The summed E-state index contributed by atoms with van der Waals surface area (Å²) in [7, 11) is 0. The van der Waals surface area contributed by atoms with Gasteiger partial charge in [-0.05, 0) is 26.0 Å². The molecule has 2 aliphatic heterocycles. The SMILES string of the molecule is CC1=C(C)N(CCOc2cccc3c2OCCO3)CS1. The molecule has 5 heteroatoms. The van der Waals surface area contributed by atoms with E-state index in [0.717, 1.165) is 29.7 Å². The van der Waals surface area contributed by atoms with E-state index >= 15 is 0 Å². The Labute approximate surface area is 123 Å². The molecule has 0 aliphatic carbocycles. The Bertz CT molecular complexity index is 530. The fourth-order valence-corrected chi connectivity index (χ4v) is 3.27. The van der Waals surface area contributed by atoms with E-state index in [9.17, 15) is 0 Å². The molecule has 20 heavy (non-hydrogen) atoms. The van der Waals surface area contributed by atoms with Crippen LogP contribution in [0.1, 0.15) is 13.8 Å². The maximum Gasteiger partial charge on any atom is 0.203 e. The molecule has 0 aromatic heterocycles. The molecule has 1 aromatic rings. The van der Waals surface area contributed by atoms with Crippen LogP contribution in [0, 0.1) is 0 Å². The van der Waals surface area contributed by atoms with Crippen LogP contribution in [0.3, 0.4) is 0 Å². The fraction of sp³-hybridized carbons (Fsp3) is 0.467. The summed E-state index contributed by atoms with van der Waals surface area (Å²) in [5.41, 5.74) is 1.35. The van der Waals surface area contributed by atoms with Crippen molar-refractivity contribution >= 4 is 11.8 Å². The van der Waals surface area contributed by atoms with Crippen LogP contribution in [0.5, 0.6) is 17.2 Å². The summed E-state index contributed by atoms with van der Waals surface area (Å²) < 4.78 is 17.1. The van der Waals surface area contributed by atoms with Crippen LogP contribution >= 0.6 is 11.8 Å². The topological polar surface area (TPSA) is 30.9 Å². The van der Waals surface area contributed by atoms with Crippen molar-refractivity contribution in [3.05, 3.63) is 28.8 Å². The van der Waals surface area contributed by atoms with Crippen molar-refractivity contribution in [3.8, 4) is 17.2 Å². The Morgan fingerprint density at radius 2 is 2.10 bits per heavy atom. The first-order valence-corrected chi connectivity index (χ1v) is 7.81. The molecule has 0 fully saturated rings. The second-order valence-electron chi connectivity index (χ2n) is 4.81. The van der Waals surface area contributed by atoms with E-state index in [2.05, 4.69) is 18.7 Å². The second-order valence-corrected chi connectivity index (χ2v) is 5.97. The highest BCUT2D eigenvalue weighted by Crippen LogP contribution is 2.39. The van der Waals surface area contributed by atoms with Gasteiger partial charge < -0.3 is 19.1 Å². The van der Waals surface area contributed by atoms with E-state index in [1.807, 2.05) is 30.0 Å². The van der Waals surface area contributed by atoms with Gasteiger partial charge in [0.25, 0.3) is 0 Å². The van der Waals surface area contributed by atoms with Crippen LogP contribution in [0.2, 0.25) is 0 Å². The Kier molecular flexibility index (Phi) is 3.96. The number of rotatable bonds is 4. The molecule has 3 rings (SSSR count).